The van der Waals surface area contributed by atoms with E-state index in [0.717, 1.165) is 17.3 Å². The van der Waals surface area contributed by atoms with Gasteiger partial charge >= 0.3 is 0 Å². The van der Waals surface area contributed by atoms with Gasteiger partial charge in [0.1, 0.15) is 0 Å². The molecule has 1 aliphatic heterocycles. The maximum absolute atomic E-state index is 3.66. The molecule has 0 radical (unpaired) electrons. The predicted molar refractivity (Wildman–Crippen MR) is 54.6 cm³/mol. The second-order valence-electron chi connectivity index (χ2n) is 5.58. The molecule has 3 aliphatic rings. The fraction of sp³-hybridized carbons (Fsp3) is 1.00. The van der Waals surface area contributed by atoms with Gasteiger partial charge < -0.3 is 5.32 Å². The van der Waals surface area contributed by atoms with Gasteiger partial charge in [-0.25, -0.2) is 0 Å². The van der Waals surface area contributed by atoms with Crippen molar-refractivity contribution < 1.29 is 0 Å². The van der Waals surface area contributed by atoms with Gasteiger partial charge in [-0.05, 0) is 55.9 Å². The topological polar surface area (TPSA) is 12.0 Å². The Hall–Kier alpha value is -0.0400. The first-order valence-corrected chi connectivity index (χ1v) is 6.10. The molecular weight excluding hydrogens is 158 g/mol. The Morgan fingerprint density at radius 3 is 2.77 bits per heavy atom. The van der Waals surface area contributed by atoms with Crippen molar-refractivity contribution in [2.75, 3.05) is 13.1 Å². The molecule has 2 bridgehead atoms. The van der Waals surface area contributed by atoms with Crippen LogP contribution in [0.3, 0.4) is 0 Å². The average molecular weight is 179 g/mol. The van der Waals surface area contributed by atoms with Gasteiger partial charge in [0.25, 0.3) is 0 Å². The third-order valence-corrected chi connectivity index (χ3v) is 4.88. The maximum Gasteiger partial charge on any atom is 0.00107 e. The second-order valence-corrected chi connectivity index (χ2v) is 5.58. The molecule has 0 aromatic carbocycles. The number of hydrogen-bond donors (Lipinski definition) is 1. The van der Waals surface area contributed by atoms with Gasteiger partial charge in [-0.1, -0.05) is 12.8 Å². The van der Waals surface area contributed by atoms with E-state index in [1.165, 1.54) is 51.6 Å². The van der Waals surface area contributed by atoms with Crippen molar-refractivity contribution in [3.8, 4) is 0 Å². The van der Waals surface area contributed by atoms with Crippen molar-refractivity contribution in [1.82, 2.24) is 5.32 Å². The van der Waals surface area contributed by atoms with Crippen LogP contribution in [0.25, 0.3) is 0 Å². The lowest BCUT2D eigenvalue weighted by Crippen LogP contribution is -2.43. The summed E-state index contributed by atoms with van der Waals surface area (Å²) in [5, 5.41) is 3.66. The molecule has 1 heteroatoms. The zero-order chi connectivity index (χ0) is 8.73. The van der Waals surface area contributed by atoms with Crippen LogP contribution in [0.5, 0.6) is 0 Å². The molecule has 0 aromatic heterocycles. The molecule has 2 unspecified atom stereocenters. The molecule has 1 heterocycles. The minimum absolute atomic E-state index is 0.763. The lowest BCUT2D eigenvalue weighted by Gasteiger charge is -2.39. The molecule has 3 rings (SSSR count). The summed E-state index contributed by atoms with van der Waals surface area (Å²) in [6.45, 7) is 2.66. The number of nitrogens with one attached hydrogen (secondary N) is 1. The predicted octanol–water partition coefficient (Wildman–Crippen LogP) is 2.57. The van der Waals surface area contributed by atoms with E-state index in [0.29, 0.717) is 0 Å². The fourth-order valence-electron chi connectivity index (χ4n) is 4.18. The molecule has 74 valence electrons. The summed E-state index contributed by atoms with van der Waals surface area (Å²) in [6.07, 6.45) is 10.7. The van der Waals surface area contributed by atoms with E-state index in [2.05, 4.69) is 5.32 Å². The van der Waals surface area contributed by atoms with Gasteiger partial charge in [0.05, 0.1) is 0 Å². The Morgan fingerprint density at radius 2 is 1.92 bits per heavy atom. The van der Waals surface area contributed by atoms with Gasteiger partial charge in [0, 0.05) is 6.54 Å². The van der Waals surface area contributed by atoms with Crippen LogP contribution in [0.1, 0.15) is 44.9 Å². The number of piperidine rings is 1. The highest BCUT2D eigenvalue weighted by atomic mass is 14.9. The Morgan fingerprint density at radius 1 is 1.08 bits per heavy atom. The van der Waals surface area contributed by atoms with Crippen LogP contribution in [-0.4, -0.2) is 13.1 Å². The highest BCUT2D eigenvalue weighted by Gasteiger charge is 2.47. The molecule has 0 aromatic rings. The van der Waals surface area contributed by atoms with Crippen molar-refractivity contribution in [1.29, 1.82) is 0 Å². The van der Waals surface area contributed by atoms with Crippen LogP contribution in [0.15, 0.2) is 0 Å². The van der Waals surface area contributed by atoms with Gasteiger partial charge in [0.15, 0.2) is 0 Å². The standard InChI is InChI=1S/C12H21N/c1-2-4-11(3-1)12-6-5-10(7-12)8-13-9-12/h10-11,13H,1-9H2. The Kier molecular flexibility index (Phi) is 1.90. The van der Waals surface area contributed by atoms with Gasteiger partial charge in [-0.3, -0.25) is 0 Å². The van der Waals surface area contributed by atoms with Crippen LogP contribution < -0.4 is 5.32 Å². The summed E-state index contributed by atoms with van der Waals surface area (Å²) in [4.78, 5) is 0. The van der Waals surface area contributed by atoms with Crippen molar-refractivity contribution in [2.45, 2.75) is 44.9 Å². The largest absolute Gasteiger partial charge is 0.316 e. The van der Waals surface area contributed by atoms with E-state index in [1.54, 1.807) is 6.42 Å². The first-order valence-electron chi connectivity index (χ1n) is 6.10. The van der Waals surface area contributed by atoms with E-state index in [4.69, 9.17) is 0 Å². The normalized spacial score (nSPS) is 45.7. The Labute approximate surface area is 81.3 Å². The van der Waals surface area contributed by atoms with Crippen LogP contribution >= 0.6 is 0 Å². The lowest BCUT2D eigenvalue weighted by atomic mass is 9.71. The lowest BCUT2D eigenvalue weighted by molar-refractivity contribution is 0.135. The monoisotopic (exact) mass is 179 g/mol. The van der Waals surface area contributed by atoms with Crippen molar-refractivity contribution in [3.63, 3.8) is 0 Å². The number of rotatable bonds is 1. The molecule has 0 spiro atoms. The summed E-state index contributed by atoms with van der Waals surface area (Å²) in [5.41, 5.74) is 0.763. The average Bonchev–Trinajstić information content (AvgIpc) is 2.75. The van der Waals surface area contributed by atoms with E-state index in [9.17, 15) is 0 Å². The second kappa shape index (κ2) is 2.98. The highest BCUT2D eigenvalue weighted by molar-refractivity contribution is 5.00. The molecule has 2 saturated carbocycles. The number of fused-ring (bicyclic) bond motifs is 2. The fourth-order valence-corrected chi connectivity index (χ4v) is 4.18. The Balaban J connectivity index is 1.79. The van der Waals surface area contributed by atoms with Crippen LogP contribution in [0.4, 0.5) is 0 Å². The zero-order valence-corrected chi connectivity index (χ0v) is 8.52. The summed E-state index contributed by atoms with van der Waals surface area (Å²) >= 11 is 0. The molecule has 1 saturated heterocycles. The van der Waals surface area contributed by atoms with E-state index in [1.807, 2.05) is 0 Å². The quantitative estimate of drug-likeness (QED) is 0.652. The van der Waals surface area contributed by atoms with E-state index >= 15 is 0 Å². The van der Waals surface area contributed by atoms with E-state index < -0.39 is 0 Å². The molecule has 3 fully saturated rings. The Bertz CT molecular complexity index is 191. The number of hydrogen-bond acceptors (Lipinski definition) is 1. The van der Waals surface area contributed by atoms with Crippen molar-refractivity contribution in [2.24, 2.45) is 17.3 Å². The SMILES string of the molecule is C1CCC(C23CCC(CNC2)C3)C1. The van der Waals surface area contributed by atoms with E-state index in [-0.39, 0.29) is 0 Å². The molecule has 13 heavy (non-hydrogen) atoms. The molecule has 1 nitrogen and oxygen atoms in total. The van der Waals surface area contributed by atoms with Crippen molar-refractivity contribution >= 4 is 0 Å². The molecule has 1 N–H and O–H groups in total. The third-order valence-electron chi connectivity index (χ3n) is 4.88. The summed E-state index contributed by atoms with van der Waals surface area (Å²) in [7, 11) is 0. The zero-order valence-electron chi connectivity index (χ0n) is 8.52. The molecular formula is C12H21N. The van der Waals surface area contributed by atoms with Crippen LogP contribution in [-0.2, 0) is 0 Å². The molecule has 0 amide bonds. The summed E-state index contributed by atoms with van der Waals surface area (Å²) in [6, 6.07) is 0. The minimum atomic E-state index is 0.763. The highest BCUT2D eigenvalue weighted by Crippen LogP contribution is 2.53. The third kappa shape index (κ3) is 1.24. The first-order chi connectivity index (χ1) is 6.39. The van der Waals surface area contributed by atoms with Gasteiger partial charge in [0.2, 0.25) is 0 Å². The van der Waals surface area contributed by atoms with Gasteiger partial charge in [-0.15, -0.1) is 0 Å². The van der Waals surface area contributed by atoms with Crippen molar-refractivity contribution in [3.05, 3.63) is 0 Å². The first kappa shape index (κ1) is 8.28. The summed E-state index contributed by atoms with van der Waals surface area (Å²) in [5.74, 6) is 2.12. The van der Waals surface area contributed by atoms with Crippen LogP contribution in [0.2, 0.25) is 0 Å². The maximum atomic E-state index is 3.66. The molecule has 2 aliphatic carbocycles. The minimum Gasteiger partial charge on any atom is -0.316 e. The summed E-state index contributed by atoms with van der Waals surface area (Å²) < 4.78 is 0. The molecule has 2 atom stereocenters. The van der Waals surface area contributed by atoms with Crippen LogP contribution in [0, 0.1) is 17.3 Å². The van der Waals surface area contributed by atoms with Gasteiger partial charge in [-0.2, -0.15) is 0 Å². The smallest absolute Gasteiger partial charge is 0.00107 e.